The number of esters is 1. The first-order valence-corrected chi connectivity index (χ1v) is 10.1. The SMILES string of the molecule is COc1cc(F)ccc1-c1nc(C)c(CC(=O)OCc2ccc3c(c2)ncn3C)s1. The topological polar surface area (TPSA) is 66.2 Å². The Labute approximate surface area is 176 Å². The lowest BCUT2D eigenvalue weighted by atomic mass is 10.2. The summed E-state index contributed by atoms with van der Waals surface area (Å²) in [5, 5.41) is 0.674. The smallest absolute Gasteiger partial charge is 0.311 e. The van der Waals surface area contributed by atoms with Crippen molar-refractivity contribution in [3.63, 3.8) is 0 Å². The normalized spacial score (nSPS) is 11.1. The van der Waals surface area contributed by atoms with E-state index in [2.05, 4.69) is 9.97 Å². The predicted molar refractivity (Wildman–Crippen MR) is 113 cm³/mol. The Bertz CT molecular complexity index is 1230. The number of nitrogens with zero attached hydrogens (tertiary/aromatic N) is 3. The molecule has 0 saturated heterocycles. The maximum absolute atomic E-state index is 13.5. The van der Waals surface area contributed by atoms with Crippen molar-refractivity contribution in [2.75, 3.05) is 7.11 Å². The highest BCUT2D eigenvalue weighted by molar-refractivity contribution is 7.15. The molecule has 0 fully saturated rings. The summed E-state index contributed by atoms with van der Waals surface area (Å²) in [6.07, 6.45) is 1.87. The molecule has 4 aromatic rings. The van der Waals surface area contributed by atoms with E-state index in [1.165, 1.54) is 30.6 Å². The van der Waals surface area contributed by atoms with Crippen molar-refractivity contribution in [2.45, 2.75) is 20.0 Å². The molecule has 0 saturated carbocycles. The van der Waals surface area contributed by atoms with Gasteiger partial charge in [0, 0.05) is 18.0 Å². The number of imidazole rings is 1. The predicted octanol–water partition coefficient (Wildman–Crippen LogP) is 4.44. The van der Waals surface area contributed by atoms with Crippen LogP contribution in [-0.2, 0) is 29.6 Å². The molecule has 0 radical (unpaired) electrons. The summed E-state index contributed by atoms with van der Waals surface area (Å²) in [7, 11) is 3.42. The van der Waals surface area contributed by atoms with Gasteiger partial charge in [-0.1, -0.05) is 6.07 Å². The third-order valence-corrected chi connectivity index (χ3v) is 5.97. The highest BCUT2D eigenvalue weighted by Crippen LogP contribution is 2.35. The van der Waals surface area contributed by atoms with Crippen LogP contribution in [0.5, 0.6) is 5.75 Å². The second-order valence-corrected chi connectivity index (χ2v) is 7.97. The van der Waals surface area contributed by atoms with Crippen LogP contribution in [-0.4, -0.2) is 27.6 Å². The standard InChI is InChI=1S/C22H20FN3O3S/c1-13-20(30-22(25-13)16-6-5-15(23)9-19(16)28-3)10-21(27)29-11-14-4-7-18-17(8-14)24-12-26(18)2/h4-9,12H,10-11H2,1-3H3. The number of ether oxygens (including phenoxy) is 2. The number of aryl methyl sites for hydroxylation is 2. The van der Waals surface area contributed by atoms with E-state index >= 15 is 0 Å². The van der Waals surface area contributed by atoms with Crippen molar-refractivity contribution in [2.24, 2.45) is 7.05 Å². The largest absolute Gasteiger partial charge is 0.496 e. The summed E-state index contributed by atoms with van der Waals surface area (Å²) in [5.74, 6) is -0.306. The van der Waals surface area contributed by atoms with E-state index in [0.29, 0.717) is 16.3 Å². The van der Waals surface area contributed by atoms with Crippen LogP contribution in [0.25, 0.3) is 21.6 Å². The lowest BCUT2D eigenvalue weighted by Crippen LogP contribution is -2.07. The Morgan fingerprint density at radius 2 is 2.07 bits per heavy atom. The Hall–Kier alpha value is -3.26. The first kappa shape index (κ1) is 20.0. The highest BCUT2D eigenvalue weighted by atomic mass is 32.1. The summed E-state index contributed by atoms with van der Waals surface area (Å²) in [6.45, 7) is 2.02. The first-order valence-electron chi connectivity index (χ1n) is 9.30. The molecule has 0 N–H and O–H groups in total. The zero-order chi connectivity index (χ0) is 21.3. The molecule has 154 valence electrons. The fraction of sp³-hybridized carbons (Fsp3) is 0.227. The number of hydrogen-bond acceptors (Lipinski definition) is 6. The lowest BCUT2D eigenvalue weighted by Gasteiger charge is -2.05. The number of carbonyl (C=O) groups excluding carboxylic acids is 1. The molecule has 0 aliphatic heterocycles. The van der Waals surface area contributed by atoms with Gasteiger partial charge in [0.1, 0.15) is 23.2 Å². The van der Waals surface area contributed by atoms with Gasteiger partial charge in [0.15, 0.2) is 0 Å². The molecule has 2 aromatic heterocycles. The number of thiazole rings is 1. The van der Waals surface area contributed by atoms with Crippen LogP contribution in [0.3, 0.4) is 0 Å². The van der Waals surface area contributed by atoms with Crippen LogP contribution < -0.4 is 4.74 Å². The number of methoxy groups -OCH3 is 1. The summed E-state index contributed by atoms with van der Waals surface area (Å²) in [5.41, 5.74) is 4.20. The molecule has 2 heterocycles. The molecule has 4 rings (SSSR count). The number of hydrogen-bond donors (Lipinski definition) is 0. The van der Waals surface area contributed by atoms with Crippen LogP contribution in [0.15, 0.2) is 42.7 Å². The second kappa shape index (κ2) is 8.23. The first-order chi connectivity index (χ1) is 14.4. The Morgan fingerprint density at radius 1 is 1.23 bits per heavy atom. The number of rotatable bonds is 6. The van der Waals surface area contributed by atoms with Crippen LogP contribution in [0.2, 0.25) is 0 Å². The quantitative estimate of drug-likeness (QED) is 0.427. The highest BCUT2D eigenvalue weighted by Gasteiger charge is 2.17. The monoisotopic (exact) mass is 425 g/mol. The molecule has 30 heavy (non-hydrogen) atoms. The Morgan fingerprint density at radius 3 is 2.87 bits per heavy atom. The number of halogens is 1. The molecule has 2 aromatic carbocycles. The molecule has 6 nitrogen and oxygen atoms in total. The maximum atomic E-state index is 13.5. The lowest BCUT2D eigenvalue weighted by molar-refractivity contribution is -0.144. The minimum absolute atomic E-state index is 0.124. The zero-order valence-corrected chi connectivity index (χ0v) is 17.6. The zero-order valence-electron chi connectivity index (χ0n) is 16.8. The maximum Gasteiger partial charge on any atom is 0.311 e. The van der Waals surface area contributed by atoms with Crippen molar-refractivity contribution in [3.05, 3.63) is 64.7 Å². The van der Waals surface area contributed by atoms with Crippen LogP contribution in [0, 0.1) is 12.7 Å². The van der Waals surface area contributed by atoms with Gasteiger partial charge in [0.05, 0.1) is 42.1 Å². The third kappa shape index (κ3) is 4.04. The molecule has 8 heteroatoms. The van der Waals surface area contributed by atoms with E-state index in [1.54, 1.807) is 12.4 Å². The van der Waals surface area contributed by atoms with Crippen LogP contribution in [0.4, 0.5) is 4.39 Å². The van der Waals surface area contributed by atoms with Gasteiger partial charge in [0.2, 0.25) is 0 Å². The average molecular weight is 425 g/mol. The van der Waals surface area contributed by atoms with E-state index in [-0.39, 0.29) is 24.8 Å². The van der Waals surface area contributed by atoms with E-state index in [1.807, 2.05) is 36.7 Å². The van der Waals surface area contributed by atoms with Gasteiger partial charge in [-0.15, -0.1) is 11.3 Å². The number of aromatic nitrogens is 3. The van der Waals surface area contributed by atoms with E-state index in [9.17, 15) is 9.18 Å². The van der Waals surface area contributed by atoms with E-state index in [4.69, 9.17) is 9.47 Å². The van der Waals surface area contributed by atoms with Gasteiger partial charge in [-0.2, -0.15) is 0 Å². The van der Waals surface area contributed by atoms with Gasteiger partial charge < -0.3 is 14.0 Å². The summed E-state index contributed by atoms with van der Waals surface area (Å²) < 4.78 is 26.1. The van der Waals surface area contributed by atoms with Crippen molar-refractivity contribution in [1.29, 1.82) is 0 Å². The molecule has 0 bridgehead atoms. The van der Waals surface area contributed by atoms with Crippen molar-refractivity contribution >= 4 is 28.3 Å². The molecular weight excluding hydrogens is 405 g/mol. The number of benzene rings is 2. The summed E-state index contributed by atoms with van der Waals surface area (Å²) in [4.78, 5) is 22.0. The van der Waals surface area contributed by atoms with Crippen LogP contribution >= 0.6 is 11.3 Å². The fourth-order valence-electron chi connectivity index (χ4n) is 3.17. The minimum atomic E-state index is -0.378. The molecule has 0 spiro atoms. The molecular formula is C22H20FN3O3S. The third-order valence-electron chi connectivity index (χ3n) is 4.78. The summed E-state index contributed by atoms with van der Waals surface area (Å²) >= 11 is 1.38. The van der Waals surface area contributed by atoms with Gasteiger partial charge >= 0.3 is 5.97 Å². The fourth-order valence-corrected chi connectivity index (χ4v) is 4.24. The molecule has 0 unspecified atom stereocenters. The second-order valence-electron chi connectivity index (χ2n) is 6.89. The van der Waals surface area contributed by atoms with Gasteiger partial charge in [-0.05, 0) is 36.8 Å². The molecule has 0 aliphatic carbocycles. The number of carbonyl (C=O) groups is 1. The van der Waals surface area contributed by atoms with Gasteiger partial charge in [-0.3, -0.25) is 4.79 Å². The summed E-state index contributed by atoms with van der Waals surface area (Å²) in [6, 6.07) is 10.1. The van der Waals surface area contributed by atoms with Crippen molar-refractivity contribution in [1.82, 2.24) is 14.5 Å². The van der Waals surface area contributed by atoms with Gasteiger partial charge in [0.25, 0.3) is 0 Å². The van der Waals surface area contributed by atoms with Crippen molar-refractivity contribution in [3.8, 4) is 16.3 Å². The minimum Gasteiger partial charge on any atom is -0.496 e. The Balaban J connectivity index is 1.44. The van der Waals surface area contributed by atoms with Crippen LogP contribution in [0.1, 0.15) is 16.1 Å². The molecule has 0 amide bonds. The van der Waals surface area contributed by atoms with E-state index in [0.717, 1.165) is 27.2 Å². The molecule has 0 atom stereocenters. The molecule has 0 aliphatic rings. The Kier molecular flexibility index (Phi) is 5.50. The van der Waals surface area contributed by atoms with Gasteiger partial charge in [-0.25, -0.2) is 14.4 Å². The van der Waals surface area contributed by atoms with Crippen molar-refractivity contribution < 1.29 is 18.7 Å². The average Bonchev–Trinajstić information content (AvgIpc) is 3.28. The number of fused-ring (bicyclic) bond motifs is 1. The van der Waals surface area contributed by atoms with E-state index < -0.39 is 0 Å².